The lowest BCUT2D eigenvalue weighted by Crippen LogP contribution is -2.40. The third-order valence-corrected chi connectivity index (χ3v) is 6.41. The molecule has 1 heterocycles. The molecule has 0 spiro atoms. The van der Waals surface area contributed by atoms with E-state index >= 15 is 0 Å². The van der Waals surface area contributed by atoms with Gasteiger partial charge in [-0.1, -0.05) is 48.5 Å². The fraction of sp³-hybridized carbons (Fsp3) is 0.350. The van der Waals surface area contributed by atoms with Crippen LogP contribution in [0, 0.1) is 0 Å². The normalized spacial score (nSPS) is 18.7. The maximum atomic E-state index is 12.8. The van der Waals surface area contributed by atoms with Crippen molar-refractivity contribution in [2.45, 2.75) is 18.4 Å². The lowest BCUT2D eigenvalue weighted by atomic mass is 10.2. The van der Waals surface area contributed by atoms with E-state index in [1.165, 1.54) is 4.90 Å². The number of hydrogen-bond acceptors (Lipinski definition) is 5. The van der Waals surface area contributed by atoms with Crippen molar-refractivity contribution in [3.63, 3.8) is 0 Å². The van der Waals surface area contributed by atoms with Crippen LogP contribution < -0.4 is 4.74 Å². The fourth-order valence-electron chi connectivity index (χ4n) is 3.24. The molecule has 0 bridgehead atoms. The second-order valence-corrected chi connectivity index (χ2v) is 8.74. The highest BCUT2D eigenvalue weighted by molar-refractivity contribution is 7.88. The molecule has 28 heavy (non-hydrogen) atoms. The van der Waals surface area contributed by atoms with E-state index < -0.39 is 16.1 Å². The Kier molecular flexibility index (Phi) is 6.33. The summed E-state index contributed by atoms with van der Waals surface area (Å²) in [5.74, 6) is 0.0852. The van der Waals surface area contributed by atoms with Gasteiger partial charge in [0.25, 0.3) is 0 Å². The van der Waals surface area contributed by atoms with Gasteiger partial charge in [-0.15, -0.1) is 0 Å². The molecule has 1 N–H and O–H groups in total. The number of amides is 1. The average Bonchev–Trinajstić information content (AvgIpc) is 2.81. The highest BCUT2D eigenvalue weighted by Crippen LogP contribution is 2.21. The molecule has 1 atom stereocenters. The largest absolute Gasteiger partial charge is 0.496 e. The van der Waals surface area contributed by atoms with Crippen molar-refractivity contribution >= 4 is 15.9 Å². The van der Waals surface area contributed by atoms with Gasteiger partial charge in [0, 0.05) is 25.2 Å². The minimum atomic E-state index is -3.73. The number of methoxy groups -OCH3 is 1. The molecule has 1 saturated heterocycles. The number of sulfonamides is 1. The first-order valence-corrected chi connectivity index (χ1v) is 10.6. The minimum absolute atomic E-state index is 0.0637. The Morgan fingerprint density at radius 3 is 2.46 bits per heavy atom. The number of β-amino-alcohol motifs (C(OH)–C–C–N with tert-alkyl or cyclic N) is 1. The van der Waals surface area contributed by atoms with Crippen molar-refractivity contribution in [3.05, 3.63) is 65.7 Å². The lowest BCUT2D eigenvalue weighted by molar-refractivity contribution is -0.131. The summed E-state index contributed by atoms with van der Waals surface area (Å²) in [6, 6.07) is 16.1. The Labute approximate surface area is 165 Å². The van der Waals surface area contributed by atoms with Crippen LogP contribution in [-0.4, -0.2) is 61.5 Å². The Balaban J connectivity index is 1.76. The third kappa shape index (κ3) is 4.89. The van der Waals surface area contributed by atoms with E-state index in [1.54, 1.807) is 37.4 Å². The summed E-state index contributed by atoms with van der Waals surface area (Å²) in [5.41, 5.74) is 1.44. The van der Waals surface area contributed by atoms with Gasteiger partial charge >= 0.3 is 0 Å². The molecule has 1 aliphatic rings. The Morgan fingerprint density at radius 2 is 1.75 bits per heavy atom. The zero-order valence-electron chi connectivity index (χ0n) is 15.7. The van der Waals surface area contributed by atoms with Gasteiger partial charge in [0.1, 0.15) is 5.75 Å². The van der Waals surface area contributed by atoms with Crippen LogP contribution >= 0.6 is 0 Å². The highest BCUT2D eigenvalue weighted by Gasteiger charge is 2.33. The highest BCUT2D eigenvalue weighted by atomic mass is 32.2. The summed E-state index contributed by atoms with van der Waals surface area (Å²) in [6.45, 7) is -0.0918. The number of aliphatic hydroxyl groups is 1. The van der Waals surface area contributed by atoms with Crippen molar-refractivity contribution < 1.29 is 23.1 Å². The molecule has 1 aliphatic heterocycles. The number of para-hydroxylation sites is 1. The van der Waals surface area contributed by atoms with Crippen LogP contribution in [0.2, 0.25) is 0 Å². The first-order valence-electron chi connectivity index (χ1n) is 8.98. The number of rotatable bonds is 6. The smallest absolute Gasteiger partial charge is 0.238 e. The number of aliphatic hydroxyl groups excluding tert-OH is 1. The van der Waals surface area contributed by atoms with Crippen molar-refractivity contribution in [2.75, 3.05) is 26.7 Å². The Hall–Kier alpha value is -2.42. The van der Waals surface area contributed by atoms with Crippen molar-refractivity contribution in [2.24, 2.45) is 0 Å². The number of carbonyl (C=O) groups is 1. The van der Waals surface area contributed by atoms with Crippen LogP contribution in [0.1, 0.15) is 11.1 Å². The number of ether oxygens (including phenoxy) is 1. The zero-order chi connectivity index (χ0) is 20.1. The van der Waals surface area contributed by atoms with E-state index in [4.69, 9.17) is 4.74 Å². The standard InChI is InChI=1S/C20H24N2O5S/c1-27-19-10-6-5-9-17(19)11-21-12-18(23)13-22(14-20(21)24)28(25,26)15-16-7-3-2-4-8-16/h2-10,18,23H,11-15H2,1H3. The molecule has 3 rings (SSSR count). The van der Waals surface area contributed by atoms with Gasteiger partial charge in [-0.2, -0.15) is 4.31 Å². The molecule has 1 fully saturated rings. The second-order valence-electron chi connectivity index (χ2n) is 6.77. The van der Waals surface area contributed by atoms with E-state index in [1.807, 2.05) is 24.3 Å². The van der Waals surface area contributed by atoms with E-state index in [2.05, 4.69) is 0 Å². The third-order valence-electron chi connectivity index (χ3n) is 4.65. The fourth-order valence-corrected chi connectivity index (χ4v) is 4.75. The van der Waals surface area contributed by atoms with Crippen LogP contribution in [0.5, 0.6) is 5.75 Å². The van der Waals surface area contributed by atoms with Crippen LogP contribution in [0.4, 0.5) is 0 Å². The van der Waals surface area contributed by atoms with Crippen LogP contribution in [0.25, 0.3) is 0 Å². The second kappa shape index (κ2) is 8.72. The first-order chi connectivity index (χ1) is 13.4. The number of carbonyl (C=O) groups excluding carboxylic acids is 1. The molecular formula is C20H24N2O5S. The van der Waals surface area contributed by atoms with Gasteiger partial charge in [0.2, 0.25) is 15.9 Å². The first kappa shape index (κ1) is 20.3. The minimum Gasteiger partial charge on any atom is -0.496 e. The van der Waals surface area contributed by atoms with Crippen LogP contribution in [0.3, 0.4) is 0 Å². The predicted octanol–water partition coefficient (Wildman–Crippen LogP) is 1.23. The molecule has 1 unspecified atom stereocenters. The molecule has 0 saturated carbocycles. The lowest BCUT2D eigenvalue weighted by Gasteiger charge is -2.23. The predicted molar refractivity (Wildman–Crippen MR) is 105 cm³/mol. The Morgan fingerprint density at radius 1 is 1.07 bits per heavy atom. The number of hydrogen-bond donors (Lipinski definition) is 1. The number of benzene rings is 2. The monoisotopic (exact) mass is 404 g/mol. The van der Waals surface area contributed by atoms with E-state index in [-0.39, 0.29) is 37.8 Å². The average molecular weight is 404 g/mol. The molecule has 150 valence electrons. The summed E-state index contributed by atoms with van der Waals surface area (Å²) >= 11 is 0. The molecule has 2 aromatic carbocycles. The van der Waals surface area contributed by atoms with Gasteiger partial charge in [0.15, 0.2) is 0 Å². The van der Waals surface area contributed by atoms with Crippen molar-refractivity contribution in [1.29, 1.82) is 0 Å². The summed E-state index contributed by atoms with van der Waals surface area (Å²) in [6.07, 6.45) is -0.966. The molecule has 0 aromatic heterocycles. The maximum absolute atomic E-state index is 12.8. The van der Waals surface area contributed by atoms with Crippen molar-refractivity contribution in [3.8, 4) is 5.75 Å². The molecule has 8 heteroatoms. The summed E-state index contributed by atoms with van der Waals surface area (Å²) in [7, 11) is -2.18. The SMILES string of the molecule is COc1ccccc1CN1CC(O)CN(S(=O)(=O)Cc2ccccc2)CC1=O. The van der Waals surface area contributed by atoms with Gasteiger partial charge in [0.05, 0.1) is 25.5 Å². The van der Waals surface area contributed by atoms with Gasteiger partial charge in [-0.3, -0.25) is 4.79 Å². The van der Waals surface area contributed by atoms with Gasteiger partial charge < -0.3 is 14.7 Å². The number of nitrogens with zero attached hydrogens (tertiary/aromatic N) is 2. The van der Waals surface area contributed by atoms with Crippen LogP contribution in [0.15, 0.2) is 54.6 Å². The maximum Gasteiger partial charge on any atom is 0.238 e. The summed E-state index contributed by atoms with van der Waals surface area (Å²) < 4.78 is 32.0. The van der Waals surface area contributed by atoms with Crippen molar-refractivity contribution in [1.82, 2.24) is 9.21 Å². The Bertz CT molecular complexity index is 917. The summed E-state index contributed by atoms with van der Waals surface area (Å²) in [5, 5.41) is 10.4. The van der Waals surface area contributed by atoms with E-state index in [9.17, 15) is 18.3 Å². The molecule has 1 amide bonds. The van der Waals surface area contributed by atoms with Gasteiger partial charge in [-0.05, 0) is 11.6 Å². The van der Waals surface area contributed by atoms with Crippen LogP contribution in [-0.2, 0) is 27.1 Å². The van der Waals surface area contributed by atoms with Gasteiger partial charge in [-0.25, -0.2) is 8.42 Å². The summed E-state index contributed by atoms with van der Waals surface area (Å²) in [4.78, 5) is 14.2. The van der Waals surface area contributed by atoms with E-state index in [0.29, 0.717) is 11.3 Å². The zero-order valence-corrected chi connectivity index (χ0v) is 16.5. The topological polar surface area (TPSA) is 87.2 Å². The molecular weight excluding hydrogens is 380 g/mol. The van der Waals surface area contributed by atoms with E-state index in [0.717, 1.165) is 9.87 Å². The molecule has 0 radical (unpaired) electrons. The molecule has 0 aliphatic carbocycles. The molecule has 2 aromatic rings. The molecule has 7 nitrogen and oxygen atoms in total. The quantitative estimate of drug-likeness (QED) is 0.783.